The molecule has 0 aliphatic carbocycles. The van der Waals surface area contributed by atoms with Crippen molar-refractivity contribution in [1.29, 1.82) is 0 Å². The van der Waals surface area contributed by atoms with Gasteiger partial charge in [0, 0.05) is 24.5 Å². The molecule has 2 aliphatic rings. The van der Waals surface area contributed by atoms with Crippen molar-refractivity contribution >= 4 is 10.9 Å². The lowest BCUT2D eigenvalue weighted by atomic mass is 10.2. The molecule has 1 aromatic rings. The Labute approximate surface area is 123 Å². The Hall–Kier alpha value is -1.39. The summed E-state index contributed by atoms with van der Waals surface area (Å²) >= 11 is 0. The molecule has 0 bridgehead atoms. The Morgan fingerprint density at radius 1 is 1.20 bits per heavy atom. The Bertz CT molecular complexity index is 504. The van der Waals surface area contributed by atoms with Crippen LogP contribution in [0.15, 0.2) is 46.9 Å². The first-order valence-corrected chi connectivity index (χ1v) is 8.63. The second kappa shape index (κ2) is 6.37. The molecule has 1 aromatic carbocycles. The number of hydrogen-bond donors (Lipinski definition) is 1. The standard InChI is InChI=1S/C16H21NO2S/c1-18-16-4-2-14(3-5-16)12-20-11-6-15(13-20)17-7-9-19-10-8-17/h2-6,11,13,20H,7-10,12H2,1H3. The van der Waals surface area contributed by atoms with E-state index >= 15 is 0 Å². The van der Waals surface area contributed by atoms with Crippen molar-refractivity contribution in [2.45, 2.75) is 5.75 Å². The largest absolute Gasteiger partial charge is 0.497 e. The monoisotopic (exact) mass is 291 g/mol. The second-order valence-electron chi connectivity index (χ2n) is 4.99. The van der Waals surface area contributed by atoms with Crippen LogP contribution in [0.4, 0.5) is 0 Å². The number of benzene rings is 1. The molecular weight excluding hydrogens is 270 g/mol. The van der Waals surface area contributed by atoms with Gasteiger partial charge in [-0.15, -0.1) is 0 Å². The molecule has 0 spiro atoms. The number of nitrogens with zero attached hydrogens (tertiary/aromatic N) is 1. The van der Waals surface area contributed by atoms with Crippen LogP contribution in [0, 0.1) is 0 Å². The van der Waals surface area contributed by atoms with Gasteiger partial charge in [0.1, 0.15) is 5.75 Å². The molecule has 0 N–H and O–H groups in total. The highest BCUT2D eigenvalue weighted by atomic mass is 32.2. The van der Waals surface area contributed by atoms with Crippen molar-refractivity contribution < 1.29 is 9.47 Å². The molecule has 2 aliphatic heterocycles. The van der Waals surface area contributed by atoms with E-state index < -0.39 is 0 Å². The van der Waals surface area contributed by atoms with Gasteiger partial charge in [-0.3, -0.25) is 0 Å². The number of methoxy groups -OCH3 is 1. The lowest BCUT2D eigenvalue weighted by molar-refractivity contribution is 0.0556. The zero-order chi connectivity index (χ0) is 13.8. The summed E-state index contributed by atoms with van der Waals surface area (Å²) in [6, 6.07) is 8.40. The number of hydrogen-bond acceptors (Lipinski definition) is 3. The fraction of sp³-hybridized carbons (Fsp3) is 0.375. The SMILES string of the molecule is COc1ccc(C[SH]2C=CC(N3CCOCC3)=C2)cc1. The molecular formula is C16H21NO2S. The van der Waals surface area contributed by atoms with E-state index in [1.54, 1.807) is 7.11 Å². The fourth-order valence-corrected chi connectivity index (χ4v) is 4.33. The third-order valence-electron chi connectivity index (χ3n) is 3.64. The predicted molar refractivity (Wildman–Crippen MR) is 85.3 cm³/mol. The molecule has 0 saturated carbocycles. The maximum absolute atomic E-state index is 5.40. The Kier molecular flexibility index (Phi) is 4.33. The van der Waals surface area contributed by atoms with Crippen molar-refractivity contribution in [2.75, 3.05) is 33.4 Å². The number of morpholine rings is 1. The summed E-state index contributed by atoms with van der Waals surface area (Å²) in [7, 11) is 1.54. The van der Waals surface area contributed by atoms with Crippen LogP contribution in [0.2, 0.25) is 0 Å². The summed E-state index contributed by atoms with van der Waals surface area (Å²) in [6.45, 7) is 3.73. The quantitative estimate of drug-likeness (QED) is 0.862. The van der Waals surface area contributed by atoms with E-state index in [-0.39, 0.29) is 10.9 Å². The van der Waals surface area contributed by atoms with Crippen molar-refractivity contribution in [3.8, 4) is 5.75 Å². The van der Waals surface area contributed by atoms with E-state index in [1.165, 1.54) is 11.3 Å². The normalized spacial score (nSPS) is 23.8. The van der Waals surface area contributed by atoms with Gasteiger partial charge < -0.3 is 14.4 Å². The predicted octanol–water partition coefficient (Wildman–Crippen LogP) is 2.90. The summed E-state index contributed by atoms with van der Waals surface area (Å²) in [5, 5.41) is 4.80. The third kappa shape index (κ3) is 3.19. The van der Waals surface area contributed by atoms with Gasteiger partial charge in [-0.2, -0.15) is 0 Å². The molecule has 4 heteroatoms. The van der Waals surface area contributed by atoms with Gasteiger partial charge in [0.2, 0.25) is 0 Å². The zero-order valence-corrected chi connectivity index (χ0v) is 12.7. The average Bonchev–Trinajstić information content (AvgIpc) is 2.97. The van der Waals surface area contributed by atoms with E-state index in [0.29, 0.717) is 0 Å². The summed E-state index contributed by atoms with van der Waals surface area (Å²) < 4.78 is 10.6. The van der Waals surface area contributed by atoms with Crippen LogP contribution >= 0.6 is 10.9 Å². The summed E-state index contributed by atoms with van der Waals surface area (Å²) in [5.41, 5.74) is 2.76. The summed E-state index contributed by atoms with van der Waals surface area (Å²) in [4.78, 5) is 2.43. The van der Waals surface area contributed by atoms with Crippen LogP contribution < -0.4 is 4.74 Å². The third-order valence-corrected chi connectivity index (χ3v) is 5.49. The molecule has 0 aromatic heterocycles. The van der Waals surface area contributed by atoms with Gasteiger partial charge in [0.15, 0.2) is 0 Å². The smallest absolute Gasteiger partial charge is 0.118 e. The minimum atomic E-state index is -0.165. The van der Waals surface area contributed by atoms with E-state index in [9.17, 15) is 0 Å². The minimum Gasteiger partial charge on any atom is -0.497 e. The van der Waals surface area contributed by atoms with Crippen molar-refractivity contribution in [3.63, 3.8) is 0 Å². The van der Waals surface area contributed by atoms with Crippen LogP contribution in [0.5, 0.6) is 5.75 Å². The first-order chi connectivity index (χ1) is 9.85. The minimum absolute atomic E-state index is 0.165. The van der Waals surface area contributed by atoms with E-state index in [1.807, 2.05) is 12.1 Å². The average molecular weight is 291 g/mol. The zero-order valence-electron chi connectivity index (χ0n) is 11.8. The number of ether oxygens (including phenoxy) is 2. The number of allylic oxidation sites excluding steroid dienone is 1. The van der Waals surface area contributed by atoms with Crippen molar-refractivity contribution in [3.05, 3.63) is 52.4 Å². The van der Waals surface area contributed by atoms with Crippen molar-refractivity contribution in [1.82, 2.24) is 4.90 Å². The topological polar surface area (TPSA) is 21.7 Å². The molecule has 3 rings (SSSR count). The Morgan fingerprint density at radius 2 is 1.95 bits per heavy atom. The number of thiol groups is 1. The summed E-state index contributed by atoms with van der Waals surface area (Å²) in [5.74, 6) is 2.04. The fourth-order valence-electron chi connectivity index (χ4n) is 2.48. The highest BCUT2D eigenvalue weighted by molar-refractivity contribution is 8.21. The Balaban J connectivity index is 1.61. The van der Waals surface area contributed by atoms with Gasteiger partial charge in [0.25, 0.3) is 0 Å². The molecule has 0 amide bonds. The van der Waals surface area contributed by atoms with Gasteiger partial charge >= 0.3 is 0 Å². The van der Waals surface area contributed by atoms with Gasteiger partial charge in [-0.05, 0) is 34.6 Å². The molecule has 1 fully saturated rings. The molecule has 1 saturated heterocycles. The second-order valence-corrected chi connectivity index (χ2v) is 6.89. The highest BCUT2D eigenvalue weighted by Gasteiger charge is 2.16. The lowest BCUT2D eigenvalue weighted by Crippen LogP contribution is -2.34. The van der Waals surface area contributed by atoms with Crippen LogP contribution in [-0.4, -0.2) is 38.3 Å². The maximum Gasteiger partial charge on any atom is 0.118 e. The molecule has 1 atom stereocenters. The van der Waals surface area contributed by atoms with Gasteiger partial charge in [-0.1, -0.05) is 12.1 Å². The van der Waals surface area contributed by atoms with E-state index in [4.69, 9.17) is 9.47 Å². The first kappa shape index (κ1) is 13.6. The summed E-state index contributed by atoms with van der Waals surface area (Å²) in [6.07, 6.45) is 2.28. The molecule has 20 heavy (non-hydrogen) atoms. The van der Waals surface area contributed by atoms with E-state index in [0.717, 1.165) is 37.8 Å². The highest BCUT2D eigenvalue weighted by Crippen LogP contribution is 2.40. The molecule has 3 nitrogen and oxygen atoms in total. The Morgan fingerprint density at radius 3 is 2.65 bits per heavy atom. The lowest BCUT2D eigenvalue weighted by Gasteiger charge is -2.29. The molecule has 108 valence electrons. The first-order valence-electron chi connectivity index (χ1n) is 6.96. The van der Waals surface area contributed by atoms with Gasteiger partial charge in [-0.25, -0.2) is 10.9 Å². The number of rotatable bonds is 4. The van der Waals surface area contributed by atoms with Gasteiger partial charge in [0.05, 0.1) is 20.3 Å². The van der Waals surface area contributed by atoms with Crippen LogP contribution in [-0.2, 0) is 10.5 Å². The van der Waals surface area contributed by atoms with Crippen molar-refractivity contribution in [2.24, 2.45) is 0 Å². The van der Waals surface area contributed by atoms with Crippen LogP contribution in [0.25, 0.3) is 0 Å². The van der Waals surface area contributed by atoms with E-state index in [2.05, 4.69) is 33.9 Å². The van der Waals surface area contributed by atoms with Crippen LogP contribution in [0.3, 0.4) is 0 Å². The van der Waals surface area contributed by atoms with Crippen LogP contribution in [0.1, 0.15) is 5.56 Å². The maximum atomic E-state index is 5.40. The molecule has 1 unspecified atom stereocenters. The molecule has 2 heterocycles. The molecule has 0 radical (unpaired) electrons.